The maximum atomic E-state index is 5.60. The van der Waals surface area contributed by atoms with Crippen LogP contribution in [0, 0.1) is 5.92 Å². The number of hydrogen-bond donors (Lipinski definition) is 1. The zero-order valence-corrected chi connectivity index (χ0v) is 11.8. The van der Waals surface area contributed by atoms with E-state index in [0.717, 1.165) is 44.1 Å². The summed E-state index contributed by atoms with van der Waals surface area (Å²) in [5, 5.41) is 3.30. The Kier molecular flexibility index (Phi) is 7.34. The van der Waals surface area contributed by atoms with Crippen molar-refractivity contribution < 1.29 is 4.74 Å². The molecule has 0 fully saturated rings. The molecule has 1 heterocycles. The van der Waals surface area contributed by atoms with Crippen molar-refractivity contribution in [1.29, 1.82) is 0 Å². The van der Waals surface area contributed by atoms with Crippen LogP contribution in [0.2, 0.25) is 0 Å². The lowest BCUT2D eigenvalue weighted by Gasteiger charge is -2.08. The maximum Gasteiger partial charge on any atom is 0.232 e. The van der Waals surface area contributed by atoms with E-state index in [1.54, 1.807) is 12.4 Å². The smallest absolute Gasteiger partial charge is 0.232 e. The van der Waals surface area contributed by atoms with E-state index in [9.17, 15) is 0 Å². The van der Waals surface area contributed by atoms with Crippen molar-refractivity contribution in [3.63, 3.8) is 0 Å². The lowest BCUT2D eigenvalue weighted by Crippen LogP contribution is -2.15. The van der Waals surface area contributed by atoms with Gasteiger partial charge in [0.15, 0.2) is 0 Å². The van der Waals surface area contributed by atoms with Gasteiger partial charge in [-0.05, 0) is 31.7 Å². The molecule has 1 rings (SSSR count). The van der Waals surface area contributed by atoms with Crippen LogP contribution >= 0.6 is 0 Å². The third-order valence-electron chi connectivity index (χ3n) is 2.57. The van der Waals surface area contributed by atoms with Gasteiger partial charge in [0.05, 0.1) is 18.5 Å². The Hall–Kier alpha value is -1.16. The lowest BCUT2D eigenvalue weighted by molar-refractivity contribution is 0.285. The largest absolute Gasteiger partial charge is 0.477 e. The molecule has 18 heavy (non-hydrogen) atoms. The van der Waals surface area contributed by atoms with Crippen molar-refractivity contribution in [1.82, 2.24) is 15.3 Å². The molecular weight excluding hydrogens is 226 g/mol. The minimum atomic E-state index is 0.634. The quantitative estimate of drug-likeness (QED) is 0.686. The normalized spacial score (nSPS) is 10.9. The minimum Gasteiger partial charge on any atom is -0.477 e. The van der Waals surface area contributed by atoms with E-state index in [4.69, 9.17) is 4.74 Å². The van der Waals surface area contributed by atoms with E-state index in [0.29, 0.717) is 5.88 Å². The van der Waals surface area contributed by atoms with Crippen LogP contribution in [0.25, 0.3) is 0 Å². The zero-order valence-electron chi connectivity index (χ0n) is 11.8. The number of nitrogens with zero attached hydrogens (tertiary/aromatic N) is 2. The number of rotatable bonds is 9. The fraction of sp³-hybridized carbons (Fsp3) is 0.714. The molecule has 0 aliphatic rings. The number of hydrogen-bond acceptors (Lipinski definition) is 4. The predicted octanol–water partition coefficient (Wildman–Crippen LogP) is 2.79. The molecule has 0 bridgehead atoms. The maximum absolute atomic E-state index is 5.60. The molecule has 0 saturated carbocycles. The van der Waals surface area contributed by atoms with Crippen LogP contribution in [0.3, 0.4) is 0 Å². The van der Waals surface area contributed by atoms with Gasteiger partial charge < -0.3 is 10.1 Å². The Morgan fingerprint density at radius 2 is 2.17 bits per heavy atom. The fourth-order valence-electron chi connectivity index (χ4n) is 1.60. The highest BCUT2D eigenvalue weighted by Gasteiger charge is 2.00. The Bertz CT molecular complexity index is 329. The molecule has 0 amide bonds. The molecule has 0 aliphatic carbocycles. The van der Waals surface area contributed by atoms with Gasteiger partial charge in [-0.15, -0.1) is 0 Å². The number of aromatic nitrogens is 2. The van der Waals surface area contributed by atoms with Crippen molar-refractivity contribution >= 4 is 0 Å². The van der Waals surface area contributed by atoms with Gasteiger partial charge in [0.2, 0.25) is 5.88 Å². The van der Waals surface area contributed by atoms with E-state index in [1.165, 1.54) is 6.42 Å². The predicted molar refractivity (Wildman–Crippen MR) is 73.6 cm³/mol. The van der Waals surface area contributed by atoms with Gasteiger partial charge in [0.1, 0.15) is 0 Å². The van der Waals surface area contributed by atoms with Crippen molar-refractivity contribution in [3.05, 3.63) is 18.1 Å². The third-order valence-corrected chi connectivity index (χ3v) is 2.57. The highest BCUT2D eigenvalue weighted by molar-refractivity contribution is 5.08. The van der Waals surface area contributed by atoms with Crippen molar-refractivity contribution in [2.75, 3.05) is 13.2 Å². The van der Waals surface area contributed by atoms with Gasteiger partial charge in [0, 0.05) is 12.7 Å². The Morgan fingerprint density at radius 3 is 2.89 bits per heavy atom. The SMILES string of the molecule is CCCNCc1cncc(OCCCC(C)C)n1. The second-order valence-corrected chi connectivity index (χ2v) is 4.91. The van der Waals surface area contributed by atoms with E-state index >= 15 is 0 Å². The van der Waals surface area contributed by atoms with Gasteiger partial charge in [-0.2, -0.15) is 0 Å². The van der Waals surface area contributed by atoms with Gasteiger partial charge in [0.25, 0.3) is 0 Å². The van der Waals surface area contributed by atoms with Gasteiger partial charge >= 0.3 is 0 Å². The summed E-state index contributed by atoms with van der Waals surface area (Å²) in [4.78, 5) is 8.56. The molecule has 1 aromatic rings. The van der Waals surface area contributed by atoms with Crippen molar-refractivity contribution in [2.45, 2.75) is 46.6 Å². The first-order chi connectivity index (χ1) is 8.72. The topological polar surface area (TPSA) is 47.0 Å². The Labute approximate surface area is 110 Å². The molecule has 0 saturated heterocycles. The average molecular weight is 251 g/mol. The summed E-state index contributed by atoms with van der Waals surface area (Å²) in [6, 6.07) is 0. The molecule has 4 nitrogen and oxygen atoms in total. The summed E-state index contributed by atoms with van der Waals surface area (Å²) in [6.07, 6.45) is 6.84. The zero-order chi connectivity index (χ0) is 13.2. The second kappa shape index (κ2) is 8.86. The highest BCUT2D eigenvalue weighted by atomic mass is 16.5. The molecule has 0 spiro atoms. The standard InChI is InChI=1S/C14H25N3O/c1-4-7-15-9-13-10-16-11-14(17-13)18-8-5-6-12(2)3/h10-12,15H,4-9H2,1-3H3. The van der Waals surface area contributed by atoms with Crippen LogP contribution < -0.4 is 10.1 Å². The molecule has 1 N–H and O–H groups in total. The van der Waals surface area contributed by atoms with E-state index in [2.05, 4.69) is 36.1 Å². The molecule has 0 aromatic carbocycles. The first-order valence-corrected chi connectivity index (χ1v) is 6.86. The van der Waals surface area contributed by atoms with Crippen molar-refractivity contribution in [2.24, 2.45) is 5.92 Å². The summed E-state index contributed by atoms with van der Waals surface area (Å²) in [5.41, 5.74) is 0.935. The molecular formula is C14H25N3O. The van der Waals surface area contributed by atoms with Crippen molar-refractivity contribution in [3.8, 4) is 5.88 Å². The molecule has 0 atom stereocenters. The van der Waals surface area contributed by atoms with Crippen LogP contribution in [-0.4, -0.2) is 23.1 Å². The summed E-state index contributed by atoms with van der Waals surface area (Å²) in [5.74, 6) is 1.36. The summed E-state index contributed by atoms with van der Waals surface area (Å²) >= 11 is 0. The Balaban J connectivity index is 2.30. The summed E-state index contributed by atoms with van der Waals surface area (Å²) in [7, 11) is 0. The summed E-state index contributed by atoms with van der Waals surface area (Å²) < 4.78 is 5.60. The second-order valence-electron chi connectivity index (χ2n) is 4.91. The highest BCUT2D eigenvalue weighted by Crippen LogP contribution is 2.08. The van der Waals surface area contributed by atoms with Crippen LogP contribution in [0.4, 0.5) is 0 Å². The van der Waals surface area contributed by atoms with Crippen LogP contribution in [0.5, 0.6) is 5.88 Å². The summed E-state index contributed by atoms with van der Waals surface area (Å²) in [6.45, 7) is 9.07. The lowest BCUT2D eigenvalue weighted by atomic mass is 10.1. The van der Waals surface area contributed by atoms with E-state index < -0.39 is 0 Å². The van der Waals surface area contributed by atoms with Gasteiger partial charge in [-0.3, -0.25) is 4.98 Å². The van der Waals surface area contributed by atoms with E-state index in [1.807, 2.05) is 0 Å². The van der Waals surface area contributed by atoms with Gasteiger partial charge in [-0.1, -0.05) is 20.8 Å². The van der Waals surface area contributed by atoms with Crippen LogP contribution in [-0.2, 0) is 6.54 Å². The Morgan fingerprint density at radius 1 is 1.33 bits per heavy atom. The van der Waals surface area contributed by atoms with Crippen LogP contribution in [0.1, 0.15) is 45.7 Å². The fourth-order valence-corrected chi connectivity index (χ4v) is 1.60. The average Bonchev–Trinajstić information content (AvgIpc) is 2.35. The molecule has 0 radical (unpaired) electrons. The molecule has 1 aromatic heterocycles. The monoisotopic (exact) mass is 251 g/mol. The number of ether oxygens (including phenoxy) is 1. The first kappa shape index (κ1) is 14.9. The molecule has 0 aliphatic heterocycles. The van der Waals surface area contributed by atoms with Crippen LogP contribution in [0.15, 0.2) is 12.4 Å². The molecule has 4 heteroatoms. The minimum absolute atomic E-state index is 0.634. The van der Waals surface area contributed by atoms with E-state index in [-0.39, 0.29) is 0 Å². The molecule has 102 valence electrons. The third kappa shape index (κ3) is 6.55. The van der Waals surface area contributed by atoms with Gasteiger partial charge in [-0.25, -0.2) is 4.98 Å². The first-order valence-electron chi connectivity index (χ1n) is 6.86. The molecule has 0 unspecified atom stereocenters. The number of nitrogens with one attached hydrogen (secondary N) is 1.